The van der Waals surface area contributed by atoms with E-state index in [1.165, 1.54) is 14.2 Å². The molecule has 3 aromatic rings. The molecule has 0 radical (unpaired) electrons. The Balaban J connectivity index is 1.99. The Labute approximate surface area is 205 Å². The predicted molar refractivity (Wildman–Crippen MR) is 132 cm³/mol. The molecule has 0 aliphatic carbocycles. The van der Waals surface area contributed by atoms with Gasteiger partial charge in [-0.05, 0) is 43.7 Å². The summed E-state index contributed by atoms with van der Waals surface area (Å²) in [6.07, 6.45) is 0. The molecule has 0 saturated carbocycles. The lowest BCUT2D eigenvalue weighted by molar-refractivity contribution is 0.0527. The monoisotopic (exact) mass is 502 g/mol. The Morgan fingerprint density at radius 3 is 2.38 bits per heavy atom. The van der Waals surface area contributed by atoms with Crippen molar-refractivity contribution >= 4 is 51.4 Å². The number of nitrogens with one attached hydrogen (secondary N) is 2. The third kappa shape index (κ3) is 5.32. The molecule has 1 heterocycles. The quantitative estimate of drug-likeness (QED) is 0.399. The first-order valence-corrected chi connectivity index (χ1v) is 11.4. The molecule has 0 aliphatic heterocycles. The van der Waals surface area contributed by atoms with Crippen LogP contribution in [0.3, 0.4) is 0 Å². The molecule has 0 aliphatic rings. The number of benzene rings is 2. The van der Waals surface area contributed by atoms with E-state index < -0.39 is 17.8 Å². The van der Waals surface area contributed by atoms with Crippen molar-refractivity contribution in [3.8, 4) is 11.5 Å². The molecule has 2 N–H and O–H groups in total. The fourth-order valence-corrected chi connectivity index (χ4v) is 4.48. The number of amides is 2. The molecule has 1 aromatic heterocycles. The van der Waals surface area contributed by atoms with Gasteiger partial charge in [-0.25, -0.2) is 4.79 Å². The maximum absolute atomic E-state index is 13.2. The highest BCUT2D eigenvalue weighted by Crippen LogP contribution is 2.36. The maximum Gasteiger partial charge on any atom is 0.341 e. The summed E-state index contributed by atoms with van der Waals surface area (Å²) in [4.78, 5) is 38.9. The molecule has 0 spiro atoms. The molecule has 2 aromatic carbocycles. The topological polar surface area (TPSA) is 103 Å². The van der Waals surface area contributed by atoms with Gasteiger partial charge in [-0.3, -0.25) is 9.59 Å². The van der Waals surface area contributed by atoms with Gasteiger partial charge in [0, 0.05) is 6.07 Å². The Bertz CT molecular complexity index is 1240. The molecule has 178 valence electrons. The molecule has 8 nitrogen and oxygen atoms in total. The first-order chi connectivity index (χ1) is 16.3. The Morgan fingerprint density at radius 1 is 1.00 bits per heavy atom. The van der Waals surface area contributed by atoms with Crippen molar-refractivity contribution in [2.24, 2.45) is 0 Å². The molecule has 0 fully saturated rings. The van der Waals surface area contributed by atoms with Crippen LogP contribution in [-0.2, 0) is 4.74 Å². The number of ether oxygens (including phenoxy) is 3. The molecule has 3 rings (SSSR count). The second-order valence-electron chi connectivity index (χ2n) is 6.94. The standard InChI is InChI=1S/C24H23ClN2O6S/c1-5-33-24(30)19-13(2)20(22(29)26-17-12-14(31-3)10-11-18(17)32-4)34-23(19)27-21(28)15-8-6-7-9-16(15)25/h6-12H,5H2,1-4H3,(H,26,29)(H,27,28). The van der Waals surface area contributed by atoms with Gasteiger partial charge in [0.15, 0.2) is 0 Å². The fourth-order valence-electron chi connectivity index (χ4n) is 3.17. The van der Waals surface area contributed by atoms with Crippen LogP contribution < -0.4 is 20.1 Å². The molecule has 10 heteroatoms. The summed E-state index contributed by atoms with van der Waals surface area (Å²) in [7, 11) is 2.99. The van der Waals surface area contributed by atoms with Crippen LogP contribution in [0.4, 0.5) is 10.7 Å². The molecule has 2 amide bonds. The van der Waals surface area contributed by atoms with Crippen LogP contribution >= 0.6 is 22.9 Å². The van der Waals surface area contributed by atoms with Gasteiger partial charge >= 0.3 is 5.97 Å². The van der Waals surface area contributed by atoms with Gasteiger partial charge in [0.1, 0.15) is 16.5 Å². The van der Waals surface area contributed by atoms with Crippen LogP contribution in [0.5, 0.6) is 11.5 Å². The van der Waals surface area contributed by atoms with Gasteiger partial charge in [0.25, 0.3) is 11.8 Å². The van der Waals surface area contributed by atoms with Gasteiger partial charge < -0.3 is 24.8 Å². The zero-order valence-corrected chi connectivity index (χ0v) is 20.6. The van der Waals surface area contributed by atoms with E-state index in [4.69, 9.17) is 25.8 Å². The lowest BCUT2D eigenvalue weighted by atomic mass is 10.1. The van der Waals surface area contributed by atoms with E-state index in [1.54, 1.807) is 56.3 Å². The summed E-state index contributed by atoms with van der Waals surface area (Å²) >= 11 is 7.09. The normalized spacial score (nSPS) is 10.4. The minimum atomic E-state index is -0.649. The highest BCUT2D eigenvalue weighted by molar-refractivity contribution is 7.19. The Kier molecular flexibility index (Phi) is 8.14. The summed E-state index contributed by atoms with van der Waals surface area (Å²) in [6.45, 7) is 3.42. The molecule has 0 unspecified atom stereocenters. The van der Waals surface area contributed by atoms with Crippen molar-refractivity contribution in [1.29, 1.82) is 0 Å². The van der Waals surface area contributed by atoms with E-state index in [1.807, 2.05) is 0 Å². The van der Waals surface area contributed by atoms with Crippen LogP contribution in [0.1, 0.15) is 42.9 Å². The largest absolute Gasteiger partial charge is 0.497 e. The third-order valence-corrected chi connectivity index (χ3v) is 6.37. The second kappa shape index (κ2) is 11.0. The van der Waals surface area contributed by atoms with Gasteiger partial charge in [-0.2, -0.15) is 0 Å². The van der Waals surface area contributed by atoms with E-state index in [0.717, 1.165) is 11.3 Å². The van der Waals surface area contributed by atoms with Crippen molar-refractivity contribution < 1.29 is 28.6 Å². The number of rotatable bonds is 8. The van der Waals surface area contributed by atoms with E-state index in [2.05, 4.69) is 10.6 Å². The number of hydrogen-bond acceptors (Lipinski definition) is 7. The van der Waals surface area contributed by atoms with E-state index in [9.17, 15) is 14.4 Å². The van der Waals surface area contributed by atoms with E-state index >= 15 is 0 Å². The lowest BCUT2D eigenvalue weighted by Crippen LogP contribution is -2.15. The highest BCUT2D eigenvalue weighted by Gasteiger charge is 2.27. The van der Waals surface area contributed by atoms with Crippen LogP contribution in [-0.4, -0.2) is 38.6 Å². The second-order valence-corrected chi connectivity index (χ2v) is 8.36. The van der Waals surface area contributed by atoms with Crippen molar-refractivity contribution in [2.45, 2.75) is 13.8 Å². The Hall–Kier alpha value is -3.56. The first-order valence-electron chi connectivity index (χ1n) is 10.2. The van der Waals surface area contributed by atoms with Gasteiger partial charge in [-0.1, -0.05) is 23.7 Å². The van der Waals surface area contributed by atoms with Crippen LogP contribution in [0.25, 0.3) is 0 Å². The van der Waals surface area contributed by atoms with Crippen LogP contribution in [0.15, 0.2) is 42.5 Å². The van der Waals surface area contributed by atoms with E-state index in [-0.39, 0.29) is 32.6 Å². The first kappa shape index (κ1) is 25.1. The van der Waals surface area contributed by atoms with Crippen LogP contribution in [0, 0.1) is 6.92 Å². The van der Waals surface area contributed by atoms with E-state index in [0.29, 0.717) is 22.7 Å². The summed E-state index contributed by atoms with van der Waals surface area (Å²) in [6, 6.07) is 11.5. The number of methoxy groups -OCH3 is 2. The van der Waals surface area contributed by atoms with Gasteiger partial charge in [0.05, 0.1) is 47.5 Å². The third-order valence-electron chi connectivity index (χ3n) is 4.83. The molecule has 34 heavy (non-hydrogen) atoms. The number of carbonyl (C=O) groups is 3. The number of hydrogen-bond donors (Lipinski definition) is 2. The minimum absolute atomic E-state index is 0.106. The SMILES string of the molecule is CCOC(=O)c1c(NC(=O)c2ccccc2Cl)sc(C(=O)Nc2cc(OC)ccc2OC)c1C. The number of halogens is 1. The average Bonchev–Trinajstić information content (AvgIpc) is 3.15. The fraction of sp³-hybridized carbons (Fsp3) is 0.208. The molecule has 0 bridgehead atoms. The van der Waals surface area contributed by atoms with Crippen LogP contribution in [0.2, 0.25) is 5.02 Å². The lowest BCUT2D eigenvalue weighted by Gasteiger charge is -2.11. The van der Waals surface area contributed by atoms with Gasteiger partial charge in [-0.15, -0.1) is 11.3 Å². The highest BCUT2D eigenvalue weighted by atomic mass is 35.5. The summed E-state index contributed by atoms with van der Waals surface area (Å²) in [5, 5.41) is 5.92. The number of anilines is 2. The zero-order chi connectivity index (χ0) is 24.8. The maximum atomic E-state index is 13.2. The Morgan fingerprint density at radius 2 is 1.74 bits per heavy atom. The van der Waals surface area contributed by atoms with Crippen molar-refractivity contribution in [3.63, 3.8) is 0 Å². The van der Waals surface area contributed by atoms with Gasteiger partial charge in [0.2, 0.25) is 0 Å². The predicted octanol–water partition coefficient (Wildman–Crippen LogP) is 5.41. The minimum Gasteiger partial charge on any atom is -0.497 e. The molecule has 0 atom stereocenters. The number of carbonyl (C=O) groups excluding carboxylic acids is 3. The van der Waals surface area contributed by atoms with Crippen molar-refractivity contribution in [2.75, 3.05) is 31.5 Å². The summed E-state index contributed by atoms with van der Waals surface area (Å²) in [5.74, 6) is -0.694. The average molecular weight is 503 g/mol. The van der Waals surface area contributed by atoms with Crippen molar-refractivity contribution in [3.05, 3.63) is 69.1 Å². The smallest absolute Gasteiger partial charge is 0.341 e. The zero-order valence-electron chi connectivity index (χ0n) is 19.0. The molecular formula is C24H23ClN2O6S. The summed E-state index contributed by atoms with van der Waals surface area (Å²) < 4.78 is 15.7. The molecule has 0 saturated heterocycles. The number of esters is 1. The molecular weight excluding hydrogens is 480 g/mol. The van der Waals surface area contributed by atoms with Crippen molar-refractivity contribution in [1.82, 2.24) is 0 Å². The summed E-state index contributed by atoms with van der Waals surface area (Å²) in [5.41, 5.74) is 1.10. The number of thiophene rings is 1.